The summed E-state index contributed by atoms with van der Waals surface area (Å²) < 4.78 is 5.46. The Hall–Kier alpha value is -2.02. The number of hydrogen-bond acceptors (Lipinski definition) is 3. The molecule has 0 fully saturated rings. The minimum Gasteiger partial charge on any atom is -0.493 e. The molecular weight excluding hydrogens is 204 g/mol. The van der Waals surface area contributed by atoms with E-state index < -0.39 is 0 Å². The molecule has 0 atom stereocenters. The summed E-state index contributed by atoms with van der Waals surface area (Å²) in [4.78, 5) is 11.6. The fraction of sp³-hybridized carbons (Fsp3) is 0.333. The Kier molecular flexibility index (Phi) is 3.06. The third kappa shape index (κ3) is 2.14. The molecule has 0 aromatic heterocycles. The van der Waals surface area contributed by atoms with Crippen LogP contribution in [0.2, 0.25) is 0 Å². The molecule has 82 valence electrons. The van der Waals surface area contributed by atoms with Gasteiger partial charge < -0.3 is 10.1 Å². The third-order valence-corrected chi connectivity index (χ3v) is 2.50. The highest BCUT2D eigenvalue weighted by molar-refractivity contribution is 5.94. The van der Waals surface area contributed by atoms with Crippen LogP contribution in [0.5, 0.6) is 5.75 Å². The Bertz CT molecular complexity index is 449. The summed E-state index contributed by atoms with van der Waals surface area (Å²) in [5.74, 6) is 0.651. The van der Waals surface area contributed by atoms with Gasteiger partial charge in [-0.2, -0.15) is 5.26 Å². The summed E-state index contributed by atoms with van der Waals surface area (Å²) in [5.41, 5.74) is 1.65. The van der Waals surface area contributed by atoms with E-state index in [0.29, 0.717) is 5.56 Å². The number of nitrogens with one attached hydrogen (secondary N) is 1. The van der Waals surface area contributed by atoms with Crippen molar-refractivity contribution in [3.05, 3.63) is 29.3 Å². The summed E-state index contributed by atoms with van der Waals surface area (Å²) in [7, 11) is 0. The van der Waals surface area contributed by atoms with Crippen LogP contribution in [0.25, 0.3) is 0 Å². The summed E-state index contributed by atoms with van der Waals surface area (Å²) in [6.07, 6.45) is 1.92. The number of ether oxygens (including phenoxy) is 1. The molecule has 4 heteroatoms. The highest BCUT2D eigenvalue weighted by Gasteiger charge is 2.13. The van der Waals surface area contributed by atoms with Gasteiger partial charge in [0, 0.05) is 5.56 Å². The smallest absolute Gasteiger partial charge is 0.252 e. The van der Waals surface area contributed by atoms with Crippen molar-refractivity contribution in [1.29, 1.82) is 5.26 Å². The second-order valence-corrected chi connectivity index (χ2v) is 3.62. The first kappa shape index (κ1) is 10.5. The van der Waals surface area contributed by atoms with Crippen LogP contribution in [-0.2, 0) is 6.42 Å². The second kappa shape index (κ2) is 4.67. The molecule has 1 amide bonds. The number of amides is 1. The molecular formula is C12H12N2O2. The summed E-state index contributed by atoms with van der Waals surface area (Å²) in [6.45, 7) is 0.777. The molecule has 0 spiro atoms. The van der Waals surface area contributed by atoms with E-state index in [1.165, 1.54) is 0 Å². The van der Waals surface area contributed by atoms with Gasteiger partial charge in [-0.05, 0) is 36.6 Å². The monoisotopic (exact) mass is 216 g/mol. The van der Waals surface area contributed by atoms with Gasteiger partial charge >= 0.3 is 0 Å². The predicted octanol–water partition coefficient (Wildman–Crippen LogP) is 1.26. The van der Waals surface area contributed by atoms with Crippen LogP contribution in [0.4, 0.5) is 0 Å². The first-order valence-corrected chi connectivity index (χ1v) is 5.22. The van der Waals surface area contributed by atoms with Crippen molar-refractivity contribution in [2.75, 3.05) is 13.2 Å². The van der Waals surface area contributed by atoms with Crippen molar-refractivity contribution in [1.82, 2.24) is 5.32 Å². The van der Waals surface area contributed by atoms with E-state index in [9.17, 15) is 4.79 Å². The molecule has 1 aliphatic heterocycles. The number of benzene rings is 1. The number of aryl methyl sites for hydroxylation is 1. The molecule has 16 heavy (non-hydrogen) atoms. The van der Waals surface area contributed by atoms with E-state index in [2.05, 4.69) is 5.32 Å². The topological polar surface area (TPSA) is 62.1 Å². The van der Waals surface area contributed by atoms with Crippen molar-refractivity contribution < 1.29 is 9.53 Å². The molecule has 2 rings (SSSR count). The lowest BCUT2D eigenvalue weighted by Crippen LogP contribution is -2.23. The van der Waals surface area contributed by atoms with Crippen LogP contribution in [0.3, 0.4) is 0 Å². The van der Waals surface area contributed by atoms with Gasteiger partial charge in [-0.15, -0.1) is 0 Å². The maximum absolute atomic E-state index is 11.6. The molecule has 1 aromatic rings. The molecule has 0 unspecified atom stereocenters. The van der Waals surface area contributed by atoms with Crippen LogP contribution in [0, 0.1) is 11.3 Å². The van der Waals surface area contributed by atoms with Gasteiger partial charge in [-0.25, -0.2) is 0 Å². The fourth-order valence-electron chi connectivity index (χ4n) is 1.72. The molecule has 1 N–H and O–H groups in total. The highest BCUT2D eigenvalue weighted by atomic mass is 16.5. The van der Waals surface area contributed by atoms with Crippen molar-refractivity contribution in [3.63, 3.8) is 0 Å². The zero-order valence-electron chi connectivity index (χ0n) is 8.82. The largest absolute Gasteiger partial charge is 0.493 e. The maximum atomic E-state index is 11.6. The minimum atomic E-state index is -0.213. The van der Waals surface area contributed by atoms with E-state index in [1.807, 2.05) is 18.2 Å². The lowest BCUT2D eigenvalue weighted by molar-refractivity contribution is 0.0958. The van der Waals surface area contributed by atoms with Crippen molar-refractivity contribution in [2.24, 2.45) is 0 Å². The Balaban J connectivity index is 2.17. The Labute approximate surface area is 93.8 Å². The van der Waals surface area contributed by atoms with Gasteiger partial charge in [-0.3, -0.25) is 4.79 Å². The summed E-state index contributed by atoms with van der Waals surface area (Å²) in [6, 6.07) is 7.24. The van der Waals surface area contributed by atoms with Crippen LogP contribution in [0.15, 0.2) is 18.2 Å². The number of nitrogens with zero attached hydrogens (tertiary/aromatic N) is 1. The quantitative estimate of drug-likeness (QED) is 0.757. The van der Waals surface area contributed by atoms with Crippen molar-refractivity contribution in [2.45, 2.75) is 12.8 Å². The highest BCUT2D eigenvalue weighted by Crippen LogP contribution is 2.25. The lowest BCUT2D eigenvalue weighted by Gasteiger charge is -2.17. The van der Waals surface area contributed by atoms with Crippen LogP contribution >= 0.6 is 0 Å². The number of hydrogen-bond donors (Lipinski definition) is 1. The molecule has 0 radical (unpaired) electrons. The molecule has 0 saturated heterocycles. The first-order chi connectivity index (χ1) is 7.81. The Morgan fingerprint density at radius 1 is 1.56 bits per heavy atom. The van der Waals surface area contributed by atoms with Crippen molar-refractivity contribution >= 4 is 5.91 Å². The zero-order valence-corrected chi connectivity index (χ0v) is 8.82. The van der Waals surface area contributed by atoms with E-state index in [0.717, 1.165) is 30.8 Å². The number of carbonyl (C=O) groups excluding carboxylic acids is 1. The maximum Gasteiger partial charge on any atom is 0.252 e. The molecule has 0 saturated carbocycles. The van der Waals surface area contributed by atoms with Crippen molar-refractivity contribution in [3.8, 4) is 11.8 Å². The summed E-state index contributed by atoms with van der Waals surface area (Å²) in [5, 5.41) is 10.9. The molecule has 0 aliphatic carbocycles. The fourth-order valence-corrected chi connectivity index (χ4v) is 1.72. The van der Waals surface area contributed by atoms with Gasteiger partial charge in [-0.1, -0.05) is 0 Å². The standard InChI is InChI=1S/C12H12N2O2/c13-5-6-14-12(15)10-3-4-11-9(8-10)2-1-7-16-11/h3-4,8H,1-2,6-7H2,(H,14,15). The molecule has 1 aromatic carbocycles. The zero-order chi connectivity index (χ0) is 11.4. The average molecular weight is 216 g/mol. The van der Waals surface area contributed by atoms with Crippen LogP contribution < -0.4 is 10.1 Å². The van der Waals surface area contributed by atoms with Crippen LogP contribution in [0.1, 0.15) is 22.3 Å². The lowest BCUT2D eigenvalue weighted by atomic mass is 10.0. The van der Waals surface area contributed by atoms with E-state index in [-0.39, 0.29) is 12.5 Å². The molecule has 1 heterocycles. The Morgan fingerprint density at radius 3 is 3.25 bits per heavy atom. The van der Waals surface area contributed by atoms with E-state index in [1.54, 1.807) is 6.07 Å². The number of nitriles is 1. The predicted molar refractivity (Wildman–Crippen MR) is 58.2 cm³/mol. The normalized spacial score (nSPS) is 13.2. The van der Waals surface area contributed by atoms with E-state index in [4.69, 9.17) is 10.00 Å². The second-order valence-electron chi connectivity index (χ2n) is 3.62. The SMILES string of the molecule is N#CCNC(=O)c1ccc2c(c1)CCCO2. The number of carbonyl (C=O) groups is 1. The molecule has 4 nitrogen and oxygen atoms in total. The molecule has 1 aliphatic rings. The first-order valence-electron chi connectivity index (χ1n) is 5.22. The van der Waals surface area contributed by atoms with Gasteiger partial charge in [0.1, 0.15) is 12.3 Å². The minimum absolute atomic E-state index is 0.0341. The number of rotatable bonds is 2. The third-order valence-electron chi connectivity index (χ3n) is 2.50. The van der Waals surface area contributed by atoms with Gasteiger partial charge in [0.05, 0.1) is 12.7 Å². The summed E-state index contributed by atoms with van der Waals surface area (Å²) >= 11 is 0. The van der Waals surface area contributed by atoms with Gasteiger partial charge in [0.15, 0.2) is 0 Å². The van der Waals surface area contributed by atoms with Gasteiger partial charge in [0.25, 0.3) is 5.91 Å². The Morgan fingerprint density at radius 2 is 2.44 bits per heavy atom. The van der Waals surface area contributed by atoms with E-state index >= 15 is 0 Å². The van der Waals surface area contributed by atoms with Crippen LogP contribution in [-0.4, -0.2) is 19.1 Å². The molecule has 0 bridgehead atoms. The number of fused-ring (bicyclic) bond motifs is 1. The van der Waals surface area contributed by atoms with Gasteiger partial charge in [0.2, 0.25) is 0 Å². The average Bonchev–Trinajstić information content (AvgIpc) is 2.35.